The Kier molecular flexibility index (Phi) is 7.80. The van der Waals surface area contributed by atoms with Gasteiger partial charge in [0.2, 0.25) is 0 Å². The summed E-state index contributed by atoms with van der Waals surface area (Å²) in [4.78, 5) is 12.0. The van der Waals surface area contributed by atoms with Gasteiger partial charge in [-0.2, -0.15) is 0 Å². The number of nitrogens with one attached hydrogen (secondary N) is 2. The van der Waals surface area contributed by atoms with Gasteiger partial charge in [-0.15, -0.1) is 0 Å². The fourth-order valence-corrected chi connectivity index (χ4v) is 3.10. The van der Waals surface area contributed by atoms with Crippen molar-refractivity contribution in [1.29, 1.82) is 0 Å². The van der Waals surface area contributed by atoms with Gasteiger partial charge < -0.3 is 15.4 Å². The number of hydrogen-bond donors (Lipinski definition) is 2. The molecule has 2 aromatic carbocycles. The van der Waals surface area contributed by atoms with Gasteiger partial charge in [-0.1, -0.05) is 50.2 Å². The molecule has 27 heavy (non-hydrogen) atoms. The largest absolute Gasteiger partial charge is 0.462 e. The Morgan fingerprint density at radius 1 is 1.15 bits per heavy atom. The molecule has 0 unspecified atom stereocenters. The van der Waals surface area contributed by atoms with Crippen molar-refractivity contribution in [3.8, 4) is 0 Å². The quantitative estimate of drug-likeness (QED) is 0.505. The van der Waals surface area contributed by atoms with E-state index in [1.165, 1.54) is 5.56 Å². The molecule has 0 radical (unpaired) electrons. The number of benzene rings is 2. The summed E-state index contributed by atoms with van der Waals surface area (Å²) in [6.45, 7) is 8.51. The number of rotatable bonds is 7. The number of anilines is 1. The van der Waals surface area contributed by atoms with Crippen molar-refractivity contribution in [2.45, 2.75) is 40.2 Å². The highest BCUT2D eigenvalue weighted by Gasteiger charge is 2.15. The molecule has 1 atom stereocenters. The molecule has 0 saturated carbocycles. The van der Waals surface area contributed by atoms with Crippen LogP contribution in [0.3, 0.4) is 0 Å². The molecule has 0 heterocycles. The molecule has 0 bridgehead atoms. The molecule has 2 N–H and O–H groups in total. The van der Waals surface area contributed by atoms with E-state index in [0.29, 0.717) is 23.2 Å². The molecule has 0 aromatic heterocycles. The Morgan fingerprint density at radius 3 is 2.48 bits per heavy atom. The van der Waals surface area contributed by atoms with Crippen LogP contribution in [0.4, 0.5) is 5.69 Å². The van der Waals surface area contributed by atoms with Crippen molar-refractivity contribution < 1.29 is 9.53 Å². The van der Waals surface area contributed by atoms with Crippen molar-refractivity contribution >= 4 is 29.0 Å². The minimum atomic E-state index is -0.332. The molecule has 144 valence electrons. The summed E-state index contributed by atoms with van der Waals surface area (Å²) in [7, 11) is 0. The first kappa shape index (κ1) is 20.9. The van der Waals surface area contributed by atoms with E-state index in [0.717, 1.165) is 17.7 Å². The number of hydrogen-bond acceptors (Lipinski definition) is 3. The molecule has 0 saturated heterocycles. The molecule has 0 aliphatic carbocycles. The van der Waals surface area contributed by atoms with Crippen LogP contribution in [0.15, 0.2) is 48.5 Å². The number of thiocarbonyl (C=S) groups is 1. The monoisotopic (exact) mass is 384 g/mol. The van der Waals surface area contributed by atoms with E-state index in [4.69, 9.17) is 17.0 Å². The van der Waals surface area contributed by atoms with Crippen LogP contribution in [0.25, 0.3) is 0 Å². The Morgan fingerprint density at radius 2 is 1.85 bits per heavy atom. The van der Waals surface area contributed by atoms with Gasteiger partial charge in [0, 0.05) is 5.69 Å². The zero-order valence-corrected chi connectivity index (χ0v) is 17.2. The minimum Gasteiger partial charge on any atom is -0.462 e. The van der Waals surface area contributed by atoms with Crippen molar-refractivity contribution in [3.63, 3.8) is 0 Å². The summed E-state index contributed by atoms with van der Waals surface area (Å²) >= 11 is 5.55. The van der Waals surface area contributed by atoms with Gasteiger partial charge in [-0.3, -0.25) is 0 Å². The number of aryl methyl sites for hydroxylation is 1. The van der Waals surface area contributed by atoms with Gasteiger partial charge >= 0.3 is 5.97 Å². The van der Waals surface area contributed by atoms with E-state index in [1.807, 2.05) is 31.2 Å². The topological polar surface area (TPSA) is 50.4 Å². The van der Waals surface area contributed by atoms with Crippen LogP contribution in [0.5, 0.6) is 0 Å². The summed E-state index contributed by atoms with van der Waals surface area (Å²) < 4.78 is 5.08. The third-order valence-electron chi connectivity index (χ3n) is 4.21. The van der Waals surface area contributed by atoms with E-state index in [2.05, 4.69) is 36.6 Å². The molecule has 0 aliphatic heterocycles. The lowest BCUT2D eigenvalue weighted by molar-refractivity contribution is 0.0526. The highest BCUT2D eigenvalue weighted by molar-refractivity contribution is 7.80. The van der Waals surface area contributed by atoms with Crippen molar-refractivity contribution in [1.82, 2.24) is 5.32 Å². The first-order chi connectivity index (χ1) is 12.9. The van der Waals surface area contributed by atoms with E-state index >= 15 is 0 Å². The standard InChI is InChI=1S/C22H28N2O2S/c1-5-26-21(25)18-12-11-16(4)19(14-18)23-22(27)24-20(13-15(2)3)17-9-7-6-8-10-17/h6-12,14-15,20H,5,13H2,1-4H3,(H2,23,24,27)/t20-/m1/s1. The van der Waals surface area contributed by atoms with Crippen molar-refractivity contribution in [3.05, 3.63) is 65.2 Å². The Balaban J connectivity index is 2.13. The first-order valence-corrected chi connectivity index (χ1v) is 9.71. The molecule has 4 nitrogen and oxygen atoms in total. The molecular formula is C22H28N2O2S. The highest BCUT2D eigenvalue weighted by atomic mass is 32.1. The lowest BCUT2D eigenvalue weighted by Gasteiger charge is -2.23. The van der Waals surface area contributed by atoms with E-state index in [-0.39, 0.29) is 12.0 Å². The Bertz CT molecular complexity index is 775. The molecule has 0 fully saturated rings. The predicted molar refractivity (Wildman–Crippen MR) is 115 cm³/mol. The van der Waals surface area contributed by atoms with Crippen LogP contribution in [0.2, 0.25) is 0 Å². The summed E-state index contributed by atoms with van der Waals surface area (Å²) in [5.74, 6) is 0.195. The van der Waals surface area contributed by atoms with E-state index in [1.54, 1.807) is 19.1 Å². The highest BCUT2D eigenvalue weighted by Crippen LogP contribution is 2.22. The average molecular weight is 385 g/mol. The number of ether oxygens (including phenoxy) is 1. The third kappa shape index (κ3) is 6.36. The second-order valence-electron chi connectivity index (χ2n) is 6.94. The molecule has 2 rings (SSSR count). The Hall–Kier alpha value is -2.40. The average Bonchev–Trinajstić information content (AvgIpc) is 2.63. The lowest BCUT2D eigenvalue weighted by atomic mass is 9.97. The van der Waals surface area contributed by atoms with Crippen LogP contribution in [0, 0.1) is 12.8 Å². The van der Waals surface area contributed by atoms with Gasteiger partial charge in [0.25, 0.3) is 0 Å². The smallest absolute Gasteiger partial charge is 0.338 e. The molecule has 5 heteroatoms. The maximum Gasteiger partial charge on any atom is 0.338 e. The normalized spacial score (nSPS) is 11.7. The van der Waals surface area contributed by atoms with Gasteiger partial charge in [0.15, 0.2) is 5.11 Å². The van der Waals surface area contributed by atoms with Crippen LogP contribution in [-0.4, -0.2) is 17.7 Å². The second-order valence-corrected chi connectivity index (χ2v) is 7.35. The zero-order valence-electron chi connectivity index (χ0n) is 16.4. The summed E-state index contributed by atoms with van der Waals surface area (Å²) in [5, 5.41) is 7.19. The fourth-order valence-electron chi connectivity index (χ4n) is 2.85. The van der Waals surface area contributed by atoms with E-state index < -0.39 is 0 Å². The fraction of sp³-hybridized carbons (Fsp3) is 0.364. The summed E-state index contributed by atoms with van der Waals surface area (Å²) in [6.07, 6.45) is 0.966. The zero-order chi connectivity index (χ0) is 19.8. The molecule has 2 aromatic rings. The Labute approximate surface area is 167 Å². The van der Waals surface area contributed by atoms with Crippen LogP contribution in [0.1, 0.15) is 54.7 Å². The molecular weight excluding hydrogens is 356 g/mol. The van der Waals surface area contributed by atoms with Crippen LogP contribution >= 0.6 is 12.2 Å². The number of carbonyl (C=O) groups is 1. The van der Waals surface area contributed by atoms with Gasteiger partial charge in [-0.25, -0.2) is 4.79 Å². The lowest BCUT2D eigenvalue weighted by Crippen LogP contribution is -2.33. The maximum atomic E-state index is 12.0. The van der Waals surface area contributed by atoms with Gasteiger partial charge in [-0.05, 0) is 61.7 Å². The van der Waals surface area contributed by atoms with Crippen molar-refractivity contribution in [2.24, 2.45) is 5.92 Å². The third-order valence-corrected chi connectivity index (χ3v) is 4.43. The van der Waals surface area contributed by atoms with Crippen LogP contribution in [-0.2, 0) is 4.74 Å². The van der Waals surface area contributed by atoms with E-state index in [9.17, 15) is 4.79 Å². The summed E-state index contributed by atoms with van der Waals surface area (Å²) in [6, 6.07) is 15.9. The number of esters is 1. The molecule has 0 aliphatic rings. The summed E-state index contributed by atoms with van der Waals surface area (Å²) in [5.41, 5.74) is 3.52. The SMILES string of the molecule is CCOC(=O)c1ccc(C)c(NC(=S)N[C@H](CC(C)C)c2ccccc2)c1. The number of carbonyl (C=O) groups excluding carboxylic acids is 1. The van der Waals surface area contributed by atoms with Gasteiger partial charge in [0.05, 0.1) is 18.2 Å². The minimum absolute atomic E-state index is 0.125. The maximum absolute atomic E-state index is 12.0. The van der Waals surface area contributed by atoms with Gasteiger partial charge in [0.1, 0.15) is 0 Å². The first-order valence-electron chi connectivity index (χ1n) is 9.31. The second kappa shape index (κ2) is 10.1. The van der Waals surface area contributed by atoms with Crippen LogP contribution < -0.4 is 10.6 Å². The van der Waals surface area contributed by atoms with Crippen molar-refractivity contribution in [2.75, 3.05) is 11.9 Å². The predicted octanol–water partition coefficient (Wildman–Crippen LogP) is 5.25. The molecule has 0 spiro atoms. The molecule has 0 amide bonds.